The van der Waals surface area contributed by atoms with Crippen LogP contribution in [0.1, 0.15) is 27.5 Å². The average Bonchev–Trinajstić information content (AvgIpc) is 3.20. The molecule has 0 N–H and O–H groups in total. The van der Waals surface area contributed by atoms with Gasteiger partial charge in [0.1, 0.15) is 5.82 Å². The number of hydrogen-bond donors (Lipinski definition) is 0. The van der Waals surface area contributed by atoms with E-state index >= 15 is 0 Å². The van der Waals surface area contributed by atoms with Crippen molar-refractivity contribution in [3.05, 3.63) is 75.2 Å². The SMILES string of the molecule is Cc1nc(Cn2c(C)c(C)c3ccnc(N(C)Cc4ccc(F)cc4)c32)cs1.Cl. The van der Waals surface area contributed by atoms with Crippen molar-refractivity contribution < 1.29 is 4.39 Å². The Kier molecular flexibility index (Phi) is 6.24. The number of thiazole rings is 1. The van der Waals surface area contributed by atoms with Gasteiger partial charge in [-0.3, -0.25) is 0 Å². The Morgan fingerprint density at radius 2 is 1.83 bits per heavy atom. The maximum atomic E-state index is 13.2. The van der Waals surface area contributed by atoms with Crippen LogP contribution in [0, 0.1) is 26.6 Å². The highest BCUT2D eigenvalue weighted by molar-refractivity contribution is 7.09. The van der Waals surface area contributed by atoms with Crippen molar-refractivity contribution >= 4 is 40.5 Å². The number of fused-ring (bicyclic) bond motifs is 1. The fourth-order valence-corrected chi connectivity index (χ4v) is 4.24. The molecule has 3 aromatic heterocycles. The number of aryl methyl sites for hydroxylation is 2. The minimum absolute atomic E-state index is 0. The van der Waals surface area contributed by atoms with E-state index in [1.807, 2.05) is 32.3 Å². The van der Waals surface area contributed by atoms with Crippen LogP contribution in [0.4, 0.5) is 10.2 Å². The van der Waals surface area contributed by atoms with Gasteiger partial charge in [-0.15, -0.1) is 23.7 Å². The van der Waals surface area contributed by atoms with E-state index in [1.54, 1.807) is 11.3 Å². The number of hydrogen-bond acceptors (Lipinski definition) is 4. The Hall–Kier alpha value is -2.44. The van der Waals surface area contributed by atoms with Crippen molar-refractivity contribution in [3.8, 4) is 0 Å². The predicted octanol–water partition coefficient (Wildman–Crippen LogP) is 5.66. The van der Waals surface area contributed by atoms with Crippen LogP contribution in [0.3, 0.4) is 0 Å². The van der Waals surface area contributed by atoms with Gasteiger partial charge in [-0.1, -0.05) is 12.1 Å². The van der Waals surface area contributed by atoms with E-state index in [1.165, 1.54) is 28.8 Å². The number of rotatable bonds is 5. The van der Waals surface area contributed by atoms with Gasteiger partial charge in [0.25, 0.3) is 0 Å². The topological polar surface area (TPSA) is 34.0 Å². The van der Waals surface area contributed by atoms with Gasteiger partial charge in [0, 0.05) is 36.2 Å². The number of halogens is 2. The van der Waals surface area contributed by atoms with E-state index in [2.05, 4.69) is 39.7 Å². The minimum atomic E-state index is -0.217. The van der Waals surface area contributed by atoms with Crippen LogP contribution >= 0.6 is 23.7 Å². The molecule has 4 rings (SSSR count). The summed E-state index contributed by atoms with van der Waals surface area (Å²) in [5.41, 5.74) is 5.72. The van der Waals surface area contributed by atoms with Gasteiger partial charge in [-0.2, -0.15) is 0 Å². The maximum absolute atomic E-state index is 13.2. The fraction of sp³-hybridized carbons (Fsp3) is 0.273. The van der Waals surface area contributed by atoms with Crippen molar-refractivity contribution in [2.45, 2.75) is 33.9 Å². The molecule has 0 spiro atoms. The summed E-state index contributed by atoms with van der Waals surface area (Å²) >= 11 is 1.67. The molecule has 29 heavy (non-hydrogen) atoms. The molecule has 3 heterocycles. The van der Waals surface area contributed by atoms with Gasteiger partial charge < -0.3 is 9.47 Å². The standard InChI is InChI=1S/C22H23FN4S.ClH/c1-14-15(2)27(12-19-13-28-16(3)25-19)21-20(14)9-10-24-22(21)26(4)11-17-5-7-18(23)8-6-17;/h5-10,13H,11-12H2,1-4H3;1H. The quantitative estimate of drug-likeness (QED) is 0.409. The van der Waals surface area contributed by atoms with Crippen LogP contribution in [-0.4, -0.2) is 21.6 Å². The molecule has 152 valence electrons. The summed E-state index contributed by atoms with van der Waals surface area (Å²) in [6, 6.07) is 8.71. The molecule has 7 heteroatoms. The molecule has 0 unspecified atom stereocenters. The first kappa shape index (κ1) is 21.3. The lowest BCUT2D eigenvalue weighted by molar-refractivity contribution is 0.627. The molecule has 4 nitrogen and oxygen atoms in total. The lowest BCUT2D eigenvalue weighted by Gasteiger charge is -2.20. The van der Waals surface area contributed by atoms with Gasteiger partial charge in [-0.05, 0) is 50.1 Å². The van der Waals surface area contributed by atoms with Crippen molar-refractivity contribution in [2.24, 2.45) is 0 Å². The molecule has 0 aliphatic rings. The summed E-state index contributed by atoms with van der Waals surface area (Å²) in [5, 5.41) is 4.40. The third-order valence-electron chi connectivity index (χ3n) is 5.21. The van der Waals surface area contributed by atoms with Gasteiger partial charge in [0.15, 0.2) is 5.82 Å². The van der Waals surface area contributed by atoms with Crippen molar-refractivity contribution in [1.82, 2.24) is 14.5 Å². The highest BCUT2D eigenvalue weighted by atomic mass is 35.5. The summed E-state index contributed by atoms with van der Waals surface area (Å²) in [6.45, 7) is 7.72. The summed E-state index contributed by atoms with van der Waals surface area (Å²) in [5.74, 6) is 0.704. The summed E-state index contributed by atoms with van der Waals surface area (Å²) in [4.78, 5) is 11.5. The fourth-order valence-electron chi connectivity index (χ4n) is 3.64. The molecule has 0 aliphatic carbocycles. The van der Waals surface area contributed by atoms with E-state index < -0.39 is 0 Å². The van der Waals surface area contributed by atoms with E-state index in [4.69, 9.17) is 4.98 Å². The molecule has 0 saturated heterocycles. The second kappa shape index (κ2) is 8.51. The average molecular weight is 431 g/mol. The van der Waals surface area contributed by atoms with Crippen LogP contribution in [0.15, 0.2) is 41.9 Å². The molecular weight excluding hydrogens is 407 g/mol. The van der Waals surface area contributed by atoms with E-state index in [0.29, 0.717) is 6.54 Å². The zero-order valence-electron chi connectivity index (χ0n) is 16.9. The predicted molar refractivity (Wildman–Crippen MR) is 121 cm³/mol. The number of benzene rings is 1. The maximum Gasteiger partial charge on any atom is 0.153 e. The first-order chi connectivity index (χ1) is 13.4. The third-order valence-corrected chi connectivity index (χ3v) is 6.03. The van der Waals surface area contributed by atoms with Gasteiger partial charge in [-0.25, -0.2) is 14.4 Å². The van der Waals surface area contributed by atoms with E-state index in [0.717, 1.165) is 34.1 Å². The number of pyridine rings is 1. The van der Waals surface area contributed by atoms with E-state index in [9.17, 15) is 4.39 Å². The Morgan fingerprint density at radius 3 is 2.48 bits per heavy atom. The first-order valence-corrected chi connectivity index (χ1v) is 10.1. The molecule has 0 atom stereocenters. The Bertz CT molecular complexity index is 1130. The van der Waals surface area contributed by atoms with Crippen LogP contribution < -0.4 is 4.90 Å². The van der Waals surface area contributed by atoms with Gasteiger partial charge in [0.2, 0.25) is 0 Å². The van der Waals surface area contributed by atoms with Crippen LogP contribution in [-0.2, 0) is 13.1 Å². The second-order valence-electron chi connectivity index (χ2n) is 7.17. The molecule has 0 amide bonds. The van der Waals surface area contributed by atoms with Crippen LogP contribution in [0.5, 0.6) is 0 Å². The van der Waals surface area contributed by atoms with Crippen LogP contribution in [0.2, 0.25) is 0 Å². The highest BCUT2D eigenvalue weighted by Gasteiger charge is 2.18. The minimum Gasteiger partial charge on any atom is -0.354 e. The molecule has 0 saturated carbocycles. The molecule has 0 aliphatic heterocycles. The van der Waals surface area contributed by atoms with Crippen molar-refractivity contribution in [2.75, 3.05) is 11.9 Å². The van der Waals surface area contributed by atoms with Gasteiger partial charge in [0.05, 0.1) is 22.8 Å². The Labute approximate surface area is 180 Å². The second-order valence-corrected chi connectivity index (χ2v) is 8.23. The third kappa shape index (κ3) is 4.14. The first-order valence-electron chi connectivity index (χ1n) is 9.25. The summed E-state index contributed by atoms with van der Waals surface area (Å²) in [6.07, 6.45) is 1.86. The summed E-state index contributed by atoms with van der Waals surface area (Å²) < 4.78 is 15.5. The van der Waals surface area contributed by atoms with Gasteiger partial charge >= 0.3 is 0 Å². The summed E-state index contributed by atoms with van der Waals surface area (Å²) in [7, 11) is 2.03. The molecule has 0 radical (unpaired) electrons. The largest absolute Gasteiger partial charge is 0.354 e. The molecule has 4 aromatic rings. The molecule has 0 bridgehead atoms. The lowest BCUT2D eigenvalue weighted by atomic mass is 10.2. The zero-order valence-corrected chi connectivity index (χ0v) is 18.6. The van der Waals surface area contributed by atoms with Crippen molar-refractivity contribution in [3.63, 3.8) is 0 Å². The number of nitrogens with zero attached hydrogens (tertiary/aromatic N) is 4. The number of anilines is 1. The molecule has 1 aromatic carbocycles. The molecule has 0 fully saturated rings. The monoisotopic (exact) mass is 430 g/mol. The Morgan fingerprint density at radius 1 is 1.10 bits per heavy atom. The normalized spacial score (nSPS) is 10.9. The van der Waals surface area contributed by atoms with Crippen molar-refractivity contribution in [1.29, 1.82) is 0 Å². The molecular formula is C22H24ClFN4S. The van der Waals surface area contributed by atoms with Crippen LogP contribution in [0.25, 0.3) is 10.9 Å². The number of aromatic nitrogens is 3. The smallest absolute Gasteiger partial charge is 0.153 e. The zero-order chi connectivity index (χ0) is 19.8. The Balaban J connectivity index is 0.00000240. The van der Waals surface area contributed by atoms with E-state index in [-0.39, 0.29) is 18.2 Å². The lowest BCUT2D eigenvalue weighted by Crippen LogP contribution is -2.19. The highest BCUT2D eigenvalue weighted by Crippen LogP contribution is 2.32.